The van der Waals surface area contributed by atoms with E-state index in [1.165, 1.54) is 5.56 Å². The van der Waals surface area contributed by atoms with Crippen molar-refractivity contribution in [3.05, 3.63) is 11.9 Å². The van der Waals surface area contributed by atoms with Crippen LogP contribution in [0.25, 0.3) is 0 Å². The Kier molecular flexibility index (Phi) is 6.56. The number of aromatic nitrogens is 2. The average Bonchev–Trinajstić information content (AvgIpc) is 2.40. The Hall–Kier alpha value is -1.36. The molecule has 0 unspecified atom stereocenters. The van der Waals surface area contributed by atoms with Crippen molar-refractivity contribution in [1.82, 2.24) is 9.97 Å². The summed E-state index contributed by atoms with van der Waals surface area (Å²) in [6, 6.07) is 0.380. The van der Waals surface area contributed by atoms with Crippen molar-refractivity contribution in [3.63, 3.8) is 0 Å². The quantitative estimate of drug-likeness (QED) is 0.782. The van der Waals surface area contributed by atoms with Crippen molar-refractivity contribution in [3.8, 4) is 0 Å². The first-order valence-electron chi connectivity index (χ1n) is 6.92. The standard InChI is InChI=1S/C14H26N4O/c1-6-7-12-13(15-4)16-10-17-14(12)18(11(2)3)8-9-19-5/h10-11H,6-9H2,1-5H3,(H,15,16,17). The predicted octanol–water partition coefficient (Wildman–Crippen LogP) is 2.33. The van der Waals surface area contributed by atoms with Crippen molar-refractivity contribution < 1.29 is 4.74 Å². The monoisotopic (exact) mass is 266 g/mol. The van der Waals surface area contributed by atoms with Crippen molar-refractivity contribution in [1.29, 1.82) is 0 Å². The van der Waals surface area contributed by atoms with Gasteiger partial charge in [-0.1, -0.05) is 13.3 Å². The maximum absolute atomic E-state index is 5.20. The number of anilines is 2. The number of nitrogens with zero attached hydrogens (tertiary/aromatic N) is 3. The van der Waals surface area contributed by atoms with Crippen LogP contribution in [0, 0.1) is 0 Å². The van der Waals surface area contributed by atoms with Crippen LogP contribution in [-0.2, 0) is 11.2 Å². The predicted molar refractivity (Wildman–Crippen MR) is 79.9 cm³/mol. The second-order valence-corrected chi connectivity index (χ2v) is 4.80. The smallest absolute Gasteiger partial charge is 0.137 e. The first-order chi connectivity index (χ1) is 9.15. The maximum atomic E-state index is 5.20. The van der Waals surface area contributed by atoms with Gasteiger partial charge in [-0.2, -0.15) is 0 Å². The van der Waals surface area contributed by atoms with E-state index < -0.39 is 0 Å². The molecule has 1 rings (SSSR count). The van der Waals surface area contributed by atoms with Gasteiger partial charge in [-0.25, -0.2) is 9.97 Å². The van der Waals surface area contributed by atoms with Crippen LogP contribution in [0.15, 0.2) is 6.33 Å². The zero-order chi connectivity index (χ0) is 14.3. The van der Waals surface area contributed by atoms with Gasteiger partial charge < -0.3 is 15.0 Å². The second-order valence-electron chi connectivity index (χ2n) is 4.80. The summed E-state index contributed by atoms with van der Waals surface area (Å²) in [5, 5.41) is 3.16. The molecule has 1 aromatic rings. The van der Waals surface area contributed by atoms with E-state index in [9.17, 15) is 0 Å². The van der Waals surface area contributed by atoms with Gasteiger partial charge in [0.05, 0.1) is 6.61 Å². The van der Waals surface area contributed by atoms with Crippen molar-refractivity contribution >= 4 is 11.6 Å². The van der Waals surface area contributed by atoms with Crippen LogP contribution in [0.4, 0.5) is 11.6 Å². The minimum absolute atomic E-state index is 0.380. The summed E-state index contributed by atoms with van der Waals surface area (Å²) in [6.45, 7) is 8.05. The molecule has 0 atom stereocenters. The van der Waals surface area contributed by atoms with Gasteiger partial charge in [-0.3, -0.25) is 0 Å². The Labute approximate surface area is 116 Å². The highest BCUT2D eigenvalue weighted by atomic mass is 16.5. The molecule has 0 fully saturated rings. The summed E-state index contributed by atoms with van der Waals surface area (Å²) in [5.41, 5.74) is 1.19. The molecule has 19 heavy (non-hydrogen) atoms. The van der Waals surface area contributed by atoms with Crippen LogP contribution in [-0.4, -0.2) is 43.3 Å². The van der Waals surface area contributed by atoms with Crippen LogP contribution < -0.4 is 10.2 Å². The molecule has 0 amide bonds. The number of nitrogens with one attached hydrogen (secondary N) is 1. The van der Waals surface area contributed by atoms with E-state index in [0.717, 1.165) is 31.0 Å². The highest BCUT2D eigenvalue weighted by Gasteiger charge is 2.18. The number of rotatable bonds is 8. The highest BCUT2D eigenvalue weighted by Crippen LogP contribution is 2.26. The lowest BCUT2D eigenvalue weighted by molar-refractivity contribution is 0.203. The Morgan fingerprint density at radius 2 is 2.11 bits per heavy atom. The molecule has 0 aliphatic rings. The van der Waals surface area contributed by atoms with Crippen LogP contribution >= 0.6 is 0 Å². The molecule has 0 aliphatic heterocycles. The van der Waals surface area contributed by atoms with E-state index in [2.05, 4.69) is 41.0 Å². The third-order valence-electron chi connectivity index (χ3n) is 3.09. The van der Waals surface area contributed by atoms with Crippen molar-refractivity contribution in [2.45, 2.75) is 39.7 Å². The van der Waals surface area contributed by atoms with Gasteiger partial charge in [0.1, 0.15) is 18.0 Å². The van der Waals surface area contributed by atoms with Gasteiger partial charge in [-0.05, 0) is 20.3 Å². The van der Waals surface area contributed by atoms with E-state index in [-0.39, 0.29) is 0 Å². The fraction of sp³-hybridized carbons (Fsp3) is 0.714. The van der Waals surface area contributed by atoms with Gasteiger partial charge in [-0.15, -0.1) is 0 Å². The first kappa shape index (κ1) is 15.7. The topological polar surface area (TPSA) is 50.3 Å². The van der Waals surface area contributed by atoms with Crippen LogP contribution in [0.2, 0.25) is 0 Å². The number of methoxy groups -OCH3 is 1. The SMILES string of the molecule is CCCc1c(NC)ncnc1N(CCOC)C(C)C. The largest absolute Gasteiger partial charge is 0.383 e. The molecule has 0 spiro atoms. The fourth-order valence-corrected chi connectivity index (χ4v) is 2.14. The Morgan fingerprint density at radius 1 is 1.37 bits per heavy atom. The van der Waals surface area contributed by atoms with E-state index in [4.69, 9.17) is 4.74 Å². The summed E-state index contributed by atoms with van der Waals surface area (Å²) < 4.78 is 5.20. The molecular weight excluding hydrogens is 240 g/mol. The van der Waals surface area contributed by atoms with E-state index in [1.807, 2.05) is 7.05 Å². The number of ether oxygens (including phenoxy) is 1. The molecule has 5 heteroatoms. The molecule has 0 aliphatic carbocycles. The molecule has 0 saturated carbocycles. The van der Waals surface area contributed by atoms with Crippen LogP contribution in [0.5, 0.6) is 0 Å². The normalized spacial score (nSPS) is 10.8. The van der Waals surface area contributed by atoms with E-state index in [1.54, 1.807) is 13.4 Å². The zero-order valence-corrected chi connectivity index (χ0v) is 12.7. The summed E-state index contributed by atoms with van der Waals surface area (Å²) >= 11 is 0. The van der Waals surface area contributed by atoms with Crippen LogP contribution in [0.3, 0.4) is 0 Å². The lowest BCUT2D eigenvalue weighted by atomic mass is 10.1. The molecule has 1 N–H and O–H groups in total. The Morgan fingerprint density at radius 3 is 2.63 bits per heavy atom. The Balaban J connectivity index is 3.12. The average molecular weight is 266 g/mol. The third-order valence-corrected chi connectivity index (χ3v) is 3.09. The second kappa shape index (κ2) is 7.94. The molecule has 0 aromatic carbocycles. The maximum Gasteiger partial charge on any atom is 0.137 e. The third kappa shape index (κ3) is 4.06. The summed E-state index contributed by atoms with van der Waals surface area (Å²) in [6.07, 6.45) is 3.68. The van der Waals surface area contributed by atoms with E-state index in [0.29, 0.717) is 12.6 Å². The zero-order valence-electron chi connectivity index (χ0n) is 12.7. The molecule has 1 heterocycles. The molecule has 0 saturated heterocycles. The molecular formula is C14H26N4O. The fourth-order valence-electron chi connectivity index (χ4n) is 2.14. The summed E-state index contributed by atoms with van der Waals surface area (Å²) in [4.78, 5) is 11.1. The molecule has 5 nitrogen and oxygen atoms in total. The van der Waals surface area contributed by atoms with Crippen molar-refractivity contribution in [2.75, 3.05) is 37.5 Å². The minimum Gasteiger partial charge on any atom is -0.383 e. The molecule has 108 valence electrons. The summed E-state index contributed by atoms with van der Waals surface area (Å²) in [5.74, 6) is 1.95. The highest BCUT2D eigenvalue weighted by molar-refractivity contribution is 5.59. The molecule has 0 radical (unpaired) electrons. The van der Waals surface area contributed by atoms with Crippen molar-refractivity contribution in [2.24, 2.45) is 0 Å². The van der Waals surface area contributed by atoms with Gasteiger partial charge in [0.25, 0.3) is 0 Å². The minimum atomic E-state index is 0.380. The summed E-state index contributed by atoms with van der Waals surface area (Å²) in [7, 11) is 3.63. The van der Waals surface area contributed by atoms with Gasteiger partial charge >= 0.3 is 0 Å². The first-order valence-corrected chi connectivity index (χ1v) is 6.92. The van der Waals surface area contributed by atoms with Gasteiger partial charge in [0, 0.05) is 32.3 Å². The lowest BCUT2D eigenvalue weighted by Gasteiger charge is -2.30. The van der Waals surface area contributed by atoms with Gasteiger partial charge in [0.2, 0.25) is 0 Å². The van der Waals surface area contributed by atoms with E-state index >= 15 is 0 Å². The molecule has 1 aromatic heterocycles. The van der Waals surface area contributed by atoms with Crippen LogP contribution in [0.1, 0.15) is 32.8 Å². The van der Waals surface area contributed by atoms with Gasteiger partial charge in [0.15, 0.2) is 0 Å². The molecule has 0 bridgehead atoms. The number of hydrogen-bond acceptors (Lipinski definition) is 5. The Bertz CT molecular complexity index is 382. The number of hydrogen-bond donors (Lipinski definition) is 1. The lowest BCUT2D eigenvalue weighted by Crippen LogP contribution is -2.35.